The van der Waals surface area contributed by atoms with E-state index in [9.17, 15) is 0 Å². The fraction of sp³-hybridized carbons (Fsp3) is 0.167. The molecule has 3 nitrogen and oxygen atoms in total. The van der Waals surface area contributed by atoms with Crippen molar-refractivity contribution in [3.63, 3.8) is 0 Å². The van der Waals surface area contributed by atoms with Crippen LogP contribution in [0.1, 0.15) is 18.1 Å². The highest BCUT2D eigenvalue weighted by atomic mass is 16.5. The maximum atomic E-state index is 6.14. The molecule has 0 aliphatic rings. The molecule has 0 aliphatic carbocycles. The van der Waals surface area contributed by atoms with E-state index in [2.05, 4.69) is 24.0 Å². The van der Waals surface area contributed by atoms with Crippen molar-refractivity contribution >= 4 is 10.9 Å². The molecule has 0 spiro atoms. The molecule has 0 fully saturated rings. The van der Waals surface area contributed by atoms with Crippen molar-refractivity contribution in [2.45, 2.75) is 19.9 Å². The summed E-state index contributed by atoms with van der Waals surface area (Å²) in [4.78, 5) is 4.43. The van der Waals surface area contributed by atoms with Crippen LogP contribution in [-0.4, -0.2) is 4.98 Å². The fourth-order valence-electron chi connectivity index (χ4n) is 2.37. The predicted octanol–water partition coefficient (Wildman–Crippen LogP) is 4.05. The third-order valence-corrected chi connectivity index (χ3v) is 3.55. The van der Waals surface area contributed by atoms with E-state index in [1.54, 1.807) is 6.20 Å². The van der Waals surface area contributed by atoms with Crippen molar-refractivity contribution in [3.8, 4) is 11.5 Å². The number of rotatable bonds is 4. The number of aryl methyl sites for hydroxylation is 1. The normalized spacial score (nSPS) is 10.8. The zero-order valence-corrected chi connectivity index (χ0v) is 12.0. The average molecular weight is 278 g/mol. The van der Waals surface area contributed by atoms with Gasteiger partial charge in [-0.05, 0) is 36.2 Å². The lowest BCUT2D eigenvalue weighted by Crippen LogP contribution is -2.01. The second-order valence-corrected chi connectivity index (χ2v) is 4.94. The van der Waals surface area contributed by atoms with Gasteiger partial charge in [0.1, 0.15) is 11.5 Å². The number of nitrogens with zero attached hydrogens (tertiary/aromatic N) is 1. The van der Waals surface area contributed by atoms with E-state index in [1.165, 1.54) is 5.56 Å². The first-order valence-electron chi connectivity index (χ1n) is 7.15. The maximum absolute atomic E-state index is 6.14. The Kier molecular flexibility index (Phi) is 3.84. The van der Waals surface area contributed by atoms with Crippen LogP contribution in [-0.2, 0) is 13.0 Å². The SMILES string of the molecule is CCc1cccc(Oc2c(CN)cnc3ccccc23)c1. The summed E-state index contributed by atoms with van der Waals surface area (Å²) in [5.74, 6) is 1.64. The first-order chi connectivity index (χ1) is 10.3. The van der Waals surface area contributed by atoms with Gasteiger partial charge in [0.25, 0.3) is 0 Å². The van der Waals surface area contributed by atoms with Gasteiger partial charge in [-0.25, -0.2) is 0 Å². The van der Waals surface area contributed by atoms with Crippen LogP contribution in [0.4, 0.5) is 0 Å². The van der Waals surface area contributed by atoms with Gasteiger partial charge in [0.05, 0.1) is 5.52 Å². The van der Waals surface area contributed by atoms with Gasteiger partial charge in [-0.15, -0.1) is 0 Å². The molecule has 0 bridgehead atoms. The second-order valence-electron chi connectivity index (χ2n) is 4.94. The van der Waals surface area contributed by atoms with Gasteiger partial charge in [-0.3, -0.25) is 4.98 Å². The third-order valence-electron chi connectivity index (χ3n) is 3.55. The summed E-state index contributed by atoms with van der Waals surface area (Å²) in [7, 11) is 0. The number of para-hydroxylation sites is 1. The number of ether oxygens (including phenoxy) is 1. The van der Waals surface area contributed by atoms with E-state index in [-0.39, 0.29) is 0 Å². The van der Waals surface area contributed by atoms with Crippen LogP contribution in [0.5, 0.6) is 11.5 Å². The molecule has 0 atom stereocenters. The van der Waals surface area contributed by atoms with Crippen LogP contribution in [0.15, 0.2) is 54.7 Å². The summed E-state index contributed by atoms with van der Waals surface area (Å²) in [5.41, 5.74) is 8.91. The zero-order chi connectivity index (χ0) is 14.7. The smallest absolute Gasteiger partial charge is 0.142 e. The largest absolute Gasteiger partial charge is 0.456 e. The molecular formula is C18H18N2O. The van der Waals surface area contributed by atoms with Crippen LogP contribution in [0, 0.1) is 0 Å². The molecule has 0 aliphatic heterocycles. The van der Waals surface area contributed by atoms with E-state index in [0.717, 1.165) is 34.4 Å². The number of aromatic nitrogens is 1. The summed E-state index contributed by atoms with van der Waals surface area (Å²) in [6.45, 7) is 2.53. The van der Waals surface area contributed by atoms with Crippen molar-refractivity contribution < 1.29 is 4.74 Å². The van der Waals surface area contributed by atoms with Crippen molar-refractivity contribution in [2.75, 3.05) is 0 Å². The highest BCUT2D eigenvalue weighted by Gasteiger charge is 2.10. The Balaban J connectivity index is 2.09. The van der Waals surface area contributed by atoms with E-state index in [1.807, 2.05) is 36.4 Å². The molecular weight excluding hydrogens is 260 g/mol. The standard InChI is InChI=1S/C18H18N2O/c1-2-13-6-5-7-15(10-13)21-18-14(11-19)12-20-17-9-4-3-8-16(17)18/h3-10,12H,2,11,19H2,1H3. The first-order valence-corrected chi connectivity index (χ1v) is 7.15. The number of hydrogen-bond donors (Lipinski definition) is 1. The quantitative estimate of drug-likeness (QED) is 0.783. The topological polar surface area (TPSA) is 48.1 Å². The average Bonchev–Trinajstić information content (AvgIpc) is 2.55. The Morgan fingerprint density at radius 2 is 1.95 bits per heavy atom. The molecule has 2 N–H and O–H groups in total. The lowest BCUT2D eigenvalue weighted by atomic mass is 10.1. The van der Waals surface area contributed by atoms with Crippen molar-refractivity contribution in [3.05, 3.63) is 65.9 Å². The van der Waals surface area contributed by atoms with E-state index in [4.69, 9.17) is 10.5 Å². The number of hydrogen-bond acceptors (Lipinski definition) is 3. The number of nitrogens with two attached hydrogens (primary N) is 1. The molecule has 106 valence electrons. The molecule has 1 heterocycles. The van der Waals surface area contributed by atoms with Gasteiger partial charge in [-0.2, -0.15) is 0 Å². The van der Waals surface area contributed by atoms with Gasteiger partial charge < -0.3 is 10.5 Å². The molecule has 3 aromatic rings. The van der Waals surface area contributed by atoms with Crippen LogP contribution in [0.2, 0.25) is 0 Å². The molecule has 0 saturated carbocycles. The highest BCUT2D eigenvalue weighted by Crippen LogP contribution is 2.32. The molecule has 0 amide bonds. The van der Waals surface area contributed by atoms with Crippen LogP contribution in [0.3, 0.4) is 0 Å². The van der Waals surface area contributed by atoms with Crippen LogP contribution >= 0.6 is 0 Å². The van der Waals surface area contributed by atoms with Crippen molar-refractivity contribution in [2.24, 2.45) is 5.73 Å². The van der Waals surface area contributed by atoms with E-state index < -0.39 is 0 Å². The zero-order valence-electron chi connectivity index (χ0n) is 12.0. The summed E-state index contributed by atoms with van der Waals surface area (Å²) >= 11 is 0. The van der Waals surface area contributed by atoms with Gasteiger partial charge in [0, 0.05) is 23.7 Å². The summed E-state index contributed by atoms with van der Waals surface area (Å²) < 4.78 is 6.14. The highest BCUT2D eigenvalue weighted by molar-refractivity contribution is 5.86. The monoisotopic (exact) mass is 278 g/mol. The Bertz CT molecular complexity index is 768. The van der Waals surface area contributed by atoms with E-state index >= 15 is 0 Å². The number of benzene rings is 2. The molecule has 21 heavy (non-hydrogen) atoms. The molecule has 3 heteroatoms. The molecule has 0 saturated heterocycles. The van der Waals surface area contributed by atoms with Crippen LogP contribution in [0.25, 0.3) is 10.9 Å². The summed E-state index contributed by atoms with van der Waals surface area (Å²) in [6.07, 6.45) is 2.78. The summed E-state index contributed by atoms with van der Waals surface area (Å²) in [6, 6.07) is 16.1. The third kappa shape index (κ3) is 2.73. The van der Waals surface area contributed by atoms with Crippen molar-refractivity contribution in [1.29, 1.82) is 0 Å². The number of fused-ring (bicyclic) bond motifs is 1. The van der Waals surface area contributed by atoms with Gasteiger partial charge >= 0.3 is 0 Å². The van der Waals surface area contributed by atoms with Gasteiger partial charge in [0.15, 0.2) is 0 Å². The van der Waals surface area contributed by atoms with E-state index in [0.29, 0.717) is 6.54 Å². The van der Waals surface area contributed by atoms with Crippen LogP contribution < -0.4 is 10.5 Å². The summed E-state index contributed by atoms with van der Waals surface area (Å²) in [5, 5.41) is 0.988. The lowest BCUT2D eigenvalue weighted by Gasteiger charge is -2.13. The molecule has 1 aromatic heterocycles. The Hall–Kier alpha value is -2.39. The maximum Gasteiger partial charge on any atom is 0.142 e. The van der Waals surface area contributed by atoms with Gasteiger partial charge in [-0.1, -0.05) is 31.2 Å². The Morgan fingerprint density at radius 1 is 1.10 bits per heavy atom. The van der Waals surface area contributed by atoms with Crippen molar-refractivity contribution in [1.82, 2.24) is 4.98 Å². The van der Waals surface area contributed by atoms with Gasteiger partial charge in [0.2, 0.25) is 0 Å². The lowest BCUT2D eigenvalue weighted by molar-refractivity contribution is 0.481. The Labute approximate surface area is 124 Å². The second kappa shape index (κ2) is 5.94. The minimum Gasteiger partial charge on any atom is -0.456 e. The molecule has 2 aromatic carbocycles. The Morgan fingerprint density at radius 3 is 2.76 bits per heavy atom. The first kappa shape index (κ1) is 13.6. The fourth-order valence-corrected chi connectivity index (χ4v) is 2.37. The minimum atomic E-state index is 0.403. The molecule has 0 unspecified atom stereocenters. The number of pyridine rings is 1. The molecule has 0 radical (unpaired) electrons. The predicted molar refractivity (Wildman–Crippen MR) is 85.5 cm³/mol. The minimum absolute atomic E-state index is 0.403. The molecule has 3 rings (SSSR count).